The Hall–Kier alpha value is -1.33. The molecule has 0 unspecified atom stereocenters. The smallest absolute Gasteiger partial charge is 0.228 e. The van der Waals surface area contributed by atoms with Crippen LogP contribution in [0.3, 0.4) is 0 Å². The normalized spacial score (nSPS) is 23.3. The highest BCUT2D eigenvalue weighted by molar-refractivity contribution is 6.52. The van der Waals surface area contributed by atoms with Crippen LogP contribution >= 0.6 is 23.2 Å². The molecule has 22 heavy (non-hydrogen) atoms. The molecule has 3 rings (SSSR count). The number of rotatable bonds is 3. The van der Waals surface area contributed by atoms with Crippen LogP contribution in [0.15, 0.2) is 24.4 Å². The molecule has 7 heteroatoms. The van der Waals surface area contributed by atoms with Gasteiger partial charge in [-0.15, -0.1) is 23.2 Å². The highest BCUT2D eigenvalue weighted by atomic mass is 35.5. The number of aromatic nitrogens is 1. The van der Waals surface area contributed by atoms with Crippen molar-refractivity contribution >= 4 is 35.0 Å². The summed E-state index contributed by atoms with van der Waals surface area (Å²) >= 11 is 11.9. The number of hydrogen-bond acceptors (Lipinski definition) is 3. The van der Waals surface area contributed by atoms with Crippen molar-refractivity contribution in [1.82, 2.24) is 14.8 Å². The molecule has 1 aromatic heterocycles. The third-order valence-corrected chi connectivity index (χ3v) is 4.96. The molecule has 2 aliphatic rings. The standard InChI is InChI=1S/C15H17Cl2N3O2/c16-15(17)10-12(15)14(22)20-7-5-19(6-8-20)13(21)9-11-3-1-2-4-18-11/h1-4,12H,5-10H2/t12-/m0/s1. The van der Waals surface area contributed by atoms with Gasteiger partial charge in [0.15, 0.2) is 0 Å². The summed E-state index contributed by atoms with van der Waals surface area (Å²) in [5.74, 6) is -0.241. The topological polar surface area (TPSA) is 53.5 Å². The van der Waals surface area contributed by atoms with Gasteiger partial charge in [0.2, 0.25) is 11.8 Å². The van der Waals surface area contributed by atoms with Gasteiger partial charge in [0, 0.05) is 38.1 Å². The predicted octanol–water partition coefficient (Wildman–Crippen LogP) is 1.49. The Bertz CT molecular complexity index is 571. The number of nitrogens with zero attached hydrogens (tertiary/aromatic N) is 3. The van der Waals surface area contributed by atoms with Gasteiger partial charge in [-0.25, -0.2) is 0 Å². The zero-order valence-electron chi connectivity index (χ0n) is 12.0. The van der Waals surface area contributed by atoms with Gasteiger partial charge in [0.05, 0.1) is 12.3 Å². The summed E-state index contributed by atoms with van der Waals surface area (Å²) in [6.07, 6.45) is 2.50. The lowest BCUT2D eigenvalue weighted by Crippen LogP contribution is -2.51. The first-order valence-corrected chi connectivity index (χ1v) is 8.07. The summed E-state index contributed by atoms with van der Waals surface area (Å²) < 4.78 is -0.886. The van der Waals surface area contributed by atoms with Crippen molar-refractivity contribution in [2.24, 2.45) is 5.92 Å². The van der Waals surface area contributed by atoms with Crippen molar-refractivity contribution in [3.05, 3.63) is 30.1 Å². The van der Waals surface area contributed by atoms with Crippen molar-refractivity contribution in [2.45, 2.75) is 17.2 Å². The van der Waals surface area contributed by atoms with Crippen molar-refractivity contribution < 1.29 is 9.59 Å². The van der Waals surface area contributed by atoms with E-state index in [1.54, 1.807) is 16.0 Å². The number of piperazine rings is 1. The summed E-state index contributed by atoms with van der Waals surface area (Å²) in [7, 11) is 0. The van der Waals surface area contributed by atoms with Gasteiger partial charge in [0.1, 0.15) is 4.33 Å². The first kappa shape index (κ1) is 15.6. The fraction of sp³-hybridized carbons (Fsp3) is 0.533. The Balaban J connectivity index is 1.49. The minimum Gasteiger partial charge on any atom is -0.339 e. The molecular weight excluding hydrogens is 325 g/mol. The fourth-order valence-corrected chi connectivity index (χ4v) is 3.14. The lowest BCUT2D eigenvalue weighted by Gasteiger charge is -2.35. The van der Waals surface area contributed by atoms with Gasteiger partial charge in [0.25, 0.3) is 0 Å². The molecule has 1 atom stereocenters. The minimum atomic E-state index is -0.886. The third kappa shape index (κ3) is 3.36. The number of hydrogen-bond donors (Lipinski definition) is 0. The Labute approximate surface area is 139 Å². The molecule has 1 aliphatic heterocycles. The first-order chi connectivity index (χ1) is 10.5. The van der Waals surface area contributed by atoms with E-state index < -0.39 is 4.33 Å². The van der Waals surface area contributed by atoms with E-state index in [2.05, 4.69) is 4.98 Å². The van der Waals surface area contributed by atoms with Gasteiger partial charge in [-0.05, 0) is 18.6 Å². The van der Waals surface area contributed by atoms with Gasteiger partial charge in [-0.2, -0.15) is 0 Å². The molecule has 0 radical (unpaired) electrons. The summed E-state index contributed by atoms with van der Waals surface area (Å²) in [5.41, 5.74) is 0.762. The number of pyridine rings is 1. The second-order valence-corrected chi connectivity index (χ2v) is 7.26. The van der Waals surface area contributed by atoms with E-state index in [0.29, 0.717) is 39.0 Å². The third-order valence-electron chi connectivity index (χ3n) is 4.13. The Morgan fingerprint density at radius 2 is 1.82 bits per heavy atom. The van der Waals surface area contributed by atoms with Crippen LogP contribution < -0.4 is 0 Å². The summed E-state index contributed by atoms with van der Waals surface area (Å²) in [5, 5.41) is 0. The molecule has 118 valence electrons. The summed E-state index contributed by atoms with van der Waals surface area (Å²) in [6.45, 7) is 2.16. The van der Waals surface area contributed by atoms with Crippen molar-refractivity contribution in [3.8, 4) is 0 Å². The van der Waals surface area contributed by atoms with E-state index in [0.717, 1.165) is 5.69 Å². The Kier molecular flexibility index (Phi) is 4.28. The average Bonchev–Trinajstić information content (AvgIpc) is 3.16. The number of alkyl halides is 2. The Morgan fingerprint density at radius 1 is 1.18 bits per heavy atom. The number of carbonyl (C=O) groups is 2. The highest BCUT2D eigenvalue weighted by Gasteiger charge is 2.57. The van der Waals surface area contributed by atoms with Crippen molar-refractivity contribution in [1.29, 1.82) is 0 Å². The quantitative estimate of drug-likeness (QED) is 0.782. The molecule has 0 spiro atoms. The SMILES string of the molecule is O=C(Cc1ccccn1)N1CCN(C(=O)[C@@H]2CC2(Cl)Cl)CC1. The van der Waals surface area contributed by atoms with Crippen LogP contribution in [0.4, 0.5) is 0 Å². The van der Waals surface area contributed by atoms with Crippen LogP contribution in [-0.4, -0.2) is 57.1 Å². The zero-order valence-corrected chi connectivity index (χ0v) is 13.6. The molecule has 0 N–H and O–H groups in total. The van der Waals surface area contributed by atoms with Crippen LogP contribution in [0.25, 0.3) is 0 Å². The lowest BCUT2D eigenvalue weighted by atomic mass is 10.2. The molecule has 2 fully saturated rings. The maximum absolute atomic E-state index is 12.2. The van der Waals surface area contributed by atoms with Crippen LogP contribution in [0, 0.1) is 5.92 Å². The molecule has 5 nitrogen and oxygen atoms in total. The van der Waals surface area contributed by atoms with Crippen LogP contribution in [0.2, 0.25) is 0 Å². The fourth-order valence-electron chi connectivity index (χ4n) is 2.65. The van der Waals surface area contributed by atoms with Crippen molar-refractivity contribution in [3.63, 3.8) is 0 Å². The predicted molar refractivity (Wildman–Crippen MR) is 83.6 cm³/mol. The summed E-state index contributed by atoms with van der Waals surface area (Å²) in [6, 6.07) is 5.53. The maximum Gasteiger partial charge on any atom is 0.228 e. The second kappa shape index (κ2) is 6.05. The molecular formula is C15H17Cl2N3O2. The molecule has 1 aromatic rings. The van der Waals surface area contributed by atoms with Crippen LogP contribution in [-0.2, 0) is 16.0 Å². The van der Waals surface area contributed by atoms with E-state index in [-0.39, 0.29) is 17.7 Å². The molecule has 2 amide bonds. The lowest BCUT2D eigenvalue weighted by molar-refractivity contribution is -0.140. The van der Waals surface area contributed by atoms with E-state index in [1.165, 1.54) is 0 Å². The molecule has 1 saturated heterocycles. The number of halogens is 2. The van der Waals surface area contributed by atoms with E-state index in [9.17, 15) is 9.59 Å². The second-order valence-electron chi connectivity index (χ2n) is 5.72. The van der Waals surface area contributed by atoms with E-state index in [1.807, 2.05) is 18.2 Å². The number of amides is 2. The largest absolute Gasteiger partial charge is 0.339 e. The highest BCUT2D eigenvalue weighted by Crippen LogP contribution is 2.53. The zero-order chi connectivity index (χ0) is 15.7. The van der Waals surface area contributed by atoms with Gasteiger partial charge in [-0.3, -0.25) is 14.6 Å². The molecule has 2 heterocycles. The van der Waals surface area contributed by atoms with Gasteiger partial charge < -0.3 is 9.80 Å². The average molecular weight is 342 g/mol. The molecule has 0 aromatic carbocycles. The van der Waals surface area contributed by atoms with Crippen molar-refractivity contribution in [2.75, 3.05) is 26.2 Å². The number of carbonyl (C=O) groups excluding carboxylic acids is 2. The molecule has 0 bridgehead atoms. The van der Waals surface area contributed by atoms with Crippen LogP contribution in [0.1, 0.15) is 12.1 Å². The van der Waals surface area contributed by atoms with Gasteiger partial charge in [-0.1, -0.05) is 6.07 Å². The monoisotopic (exact) mass is 341 g/mol. The summed E-state index contributed by atoms with van der Waals surface area (Å²) in [4.78, 5) is 32.1. The minimum absolute atomic E-state index is 0.00169. The maximum atomic E-state index is 12.2. The van der Waals surface area contributed by atoms with E-state index >= 15 is 0 Å². The molecule has 1 saturated carbocycles. The first-order valence-electron chi connectivity index (χ1n) is 7.32. The molecule has 1 aliphatic carbocycles. The Morgan fingerprint density at radius 3 is 2.36 bits per heavy atom. The van der Waals surface area contributed by atoms with Crippen LogP contribution in [0.5, 0.6) is 0 Å². The van der Waals surface area contributed by atoms with E-state index in [4.69, 9.17) is 23.2 Å². The van der Waals surface area contributed by atoms with Gasteiger partial charge >= 0.3 is 0 Å².